The summed E-state index contributed by atoms with van der Waals surface area (Å²) >= 11 is 0. The van der Waals surface area contributed by atoms with Crippen LogP contribution < -0.4 is 5.73 Å². The van der Waals surface area contributed by atoms with Gasteiger partial charge in [0.1, 0.15) is 0 Å². The summed E-state index contributed by atoms with van der Waals surface area (Å²) in [6, 6.07) is 6.25. The molecule has 0 spiro atoms. The molecule has 2 rings (SSSR count). The summed E-state index contributed by atoms with van der Waals surface area (Å²) < 4.78 is 0. The van der Waals surface area contributed by atoms with Crippen LogP contribution in [-0.2, 0) is 0 Å². The molecular weight excluding hydrogens is 244 g/mol. The summed E-state index contributed by atoms with van der Waals surface area (Å²) in [4.78, 5) is 2.66. The number of likely N-dealkylation sites (tertiary alicyclic amines) is 1. The number of aryl methyl sites for hydroxylation is 3. The van der Waals surface area contributed by atoms with Crippen LogP contribution in [0.5, 0.6) is 0 Å². The standard InChI is InChI=1S/C18H30N2/c1-12-9-13(2)18(14(3)10-12)16(5)20-15(4)7-6-8-17(20)11-19/h9-10,15-17H,6-8,11,19H2,1-5H3. The molecule has 1 heterocycles. The topological polar surface area (TPSA) is 29.3 Å². The minimum atomic E-state index is 0.458. The van der Waals surface area contributed by atoms with E-state index in [1.165, 1.54) is 41.5 Å². The monoisotopic (exact) mass is 274 g/mol. The molecule has 1 fully saturated rings. The van der Waals surface area contributed by atoms with E-state index in [4.69, 9.17) is 5.73 Å². The first kappa shape index (κ1) is 15.5. The van der Waals surface area contributed by atoms with Crippen LogP contribution in [0.25, 0.3) is 0 Å². The Hall–Kier alpha value is -0.860. The van der Waals surface area contributed by atoms with Crippen LogP contribution in [0.2, 0.25) is 0 Å². The highest BCUT2D eigenvalue weighted by molar-refractivity contribution is 5.39. The van der Waals surface area contributed by atoms with Gasteiger partial charge in [-0.1, -0.05) is 24.1 Å². The molecule has 1 aliphatic rings. The second-order valence-corrected chi connectivity index (χ2v) is 6.61. The average Bonchev–Trinajstić information content (AvgIpc) is 2.36. The van der Waals surface area contributed by atoms with Gasteiger partial charge in [-0.3, -0.25) is 4.90 Å². The predicted octanol–water partition coefficient (Wildman–Crippen LogP) is 3.87. The zero-order valence-electron chi connectivity index (χ0n) is 13.7. The van der Waals surface area contributed by atoms with Gasteiger partial charge in [0, 0.05) is 24.7 Å². The molecule has 1 aromatic carbocycles. The van der Waals surface area contributed by atoms with E-state index in [1.54, 1.807) is 0 Å². The fraction of sp³-hybridized carbons (Fsp3) is 0.667. The van der Waals surface area contributed by atoms with Gasteiger partial charge in [-0.25, -0.2) is 0 Å². The number of nitrogens with two attached hydrogens (primary N) is 1. The summed E-state index contributed by atoms with van der Waals surface area (Å²) in [7, 11) is 0. The maximum Gasteiger partial charge on any atom is 0.0331 e. The van der Waals surface area contributed by atoms with Gasteiger partial charge in [0.15, 0.2) is 0 Å². The van der Waals surface area contributed by atoms with Gasteiger partial charge < -0.3 is 5.73 Å². The molecule has 0 aliphatic carbocycles. The van der Waals surface area contributed by atoms with Gasteiger partial charge in [0.2, 0.25) is 0 Å². The van der Waals surface area contributed by atoms with Crippen LogP contribution in [0.4, 0.5) is 0 Å². The van der Waals surface area contributed by atoms with Crippen LogP contribution in [0.15, 0.2) is 12.1 Å². The van der Waals surface area contributed by atoms with Crippen molar-refractivity contribution in [3.8, 4) is 0 Å². The number of hydrogen-bond donors (Lipinski definition) is 1. The highest BCUT2D eigenvalue weighted by Crippen LogP contribution is 2.35. The van der Waals surface area contributed by atoms with Gasteiger partial charge in [-0.05, 0) is 64.2 Å². The lowest BCUT2D eigenvalue weighted by molar-refractivity contribution is 0.0565. The Bertz CT molecular complexity index is 443. The first-order chi connectivity index (χ1) is 9.45. The van der Waals surface area contributed by atoms with Gasteiger partial charge >= 0.3 is 0 Å². The molecule has 0 amide bonds. The summed E-state index contributed by atoms with van der Waals surface area (Å²) in [6.07, 6.45) is 3.86. The molecule has 1 saturated heterocycles. The second-order valence-electron chi connectivity index (χ2n) is 6.61. The quantitative estimate of drug-likeness (QED) is 0.906. The van der Waals surface area contributed by atoms with Crippen molar-refractivity contribution in [1.29, 1.82) is 0 Å². The first-order valence-electron chi connectivity index (χ1n) is 8.01. The van der Waals surface area contributed by atoms with Crippen molar-refractivity contribution in [2.45, 2.75) is 72.0 Å². The second kappa shape index (κ2) is 6.28. The molecule has 0 radical (unpaired) electrons. The highest BCUT2D eigenvalue weighted by atomic mass is 15.2. The third-order valence-corrected chi connectivity index (χ3v) is 4.96. The molecule has 1 aromatic rings. The minimum absolute atomic E-state index is 0.458. The zero-order valence-corrected chi connectivity index (χ0v) is 13.7. The smallest absolute Gasteiger partial charge is 0.0331 e. The van der Waals surface area contributed by atoms with E-state index < -0.39 is 0 Å². The Morgan fingerprint density at radius 1 is 1.20 bits per heavy atom. The summed E-state index contributed by atoms with van der Waals surface area (Å²) in [5.74, 6) is 0. The maximum absolute atomic E-state index is 6.03. The molecule has 3 atom stereocenters. The minimum Gasteiger partial charge on any atom is -0.329 e. The van der Waals surface area contributed by atoms with Gasteiger partial charge in [-0.2, -0.15) is 0 Å². The van der Waals surface area contributed by atoms with Crippen molar-refractivity contribution in [3.05, 3.63) is 34.4 Å². The average molecular weight is 274 g/mol. The largest absolute Gasteiger partial charge is 0.329 e. The SMILES string of the molecule is Cc1cc(C)c(C(C)N2C(C)CCCC2CN)c(C)c1. The Kier molecular flexibility index (Phi) is 4.87. The number of rotatable bonds is 3. The summed E-state index contributed by atoms with van der Waals surface area (Å²) in [5.41, 5.74) is 11.7. The third kappa shape index (κ3) is 2.91. The van der Waals surface area contributed by atoms with E-state index in [9.17, 15) is 0 Å². The van der Waals surface area contributed by atoms with Gasteiger partial charge in [0.05, 0.1) is 0 Å². The number of nitrogens with zero attached hydrogens (tertiary/aromatic N) is 1. The van der Waals surface area contributed by atoms with E-state index in [0.717, 1.165) is 6.54 Å². The molecule has 0 bridgehead atoms. The fourth-order valence-electron chi connectivity index (χ4n) is 4.24. The van der Waals surface area contributed by atoms with Crippen molar-refractivity contribution in [2.24, 2.45) is 5.73 Å². The lowest BCUT2D eigenvalue weighted by atomic mass is 9.88. The Balaban J connectivity index is 2.36. The van der Waals surface area contributed by atoms with E-state index in [0.29, 0.717) is 18.1 Å². The third-order valence-electron chi connectivity index (χ3n) is 4.96. The Morgan fingerprint density at radius 2 is 1.80 bits per heavy atom. The van der Waals surface area contributed by atoms with Crippen molar-refractivity contribution >= 4 is 0 Å². The zero-order chi connectivity index (χ0) is 14.9. The van der Waals surface area contributed by atoms with Crippen LogP contribution in [0.3, 0.4) is 0 Å². The van der Waals surface area contributed by atoms with Crippen molar-refractivity contribution in [1.82, 2.24) is 4.90 Å². The molecule has 2 N–H and O–H groups in total. The fourth-order valence-corrected chi connectivity index (χ4v) is 4.24. The van der Waals surface area contributed by atoms with E-state index in [2.05, 4.69) is 51.7 Å². The predicted molar refractivity (Wildman–Crippen MR) is 87.1 cm³/mol. The van der Waals surface area contributed by atoms with Crippen molar-refractivity contribution in [3.63, 3.8) is 0 Å². The number of benzene rings is 1. The summed E-state index contributed by atoms with van der Waals surface area (Å²) in [5, 5.41) is 0. The normalized spacial score (nSPS) is 25.7. The van der Waals surface area contributed by atoms with E-state index >= 15 is 0 Å². The molecule has 3 unspecified atom stereocenters. The Labute approximate surface area is 124 Å². The molecule has 112 valence electrons. The molecule has 2 nitrogen and oxygen atoms in total. The summed E-state index contributed by atoms with van der Waals surface area (Å²) in [6.45, 7) is 12.2. The van der Waals surface area contributed by atoms with Gasteiger partial charge in [-0.15, -0.1) is 0 Å². The molecule has 0 saturated carbocycles. The van der Waals surface area contributed by atoms with Crippen molar-refractivity contribution in [2.75, 3.05) is 6.54 Å². The number of piperidine rings is 1. The number of hydrogen-bond acceptors (Lipinski definition) is 2. The Morgan fingerprint density at radius 3 is 2.35 bits per heavy atom. The van der Waals surface area contributed by atoms with Crippen LogP contribution in [0, 0.1) is 20.8 Å². The molecule has 20 heavy (non-hydrogen) atoms. The molecule has 1 aliphatic heterocycles. The molecule has 0 aromatic heterocycles. The molecular formula is C18H30N2. The van der Waals surface area contributed by atoms with E-state index in [-0.39, 0.29) is 0 Å². The van der Waals surface area contributed by atoms with E-state index in [1.807, 2.05) is 0 Å². The van der Waals surface area contributed by atoms with Crippen LogP contribution >= 0.6 is 0 Å². The highest BCUT2D eigenvalue weighted by Gasteiger charge is 2.32. The maximum atomic E-state index is 6.03. The molecule has 2 heteroatoms. The first-order valence-corrected chi connectivity index (χ1v) is 8.01. The van der Waals surface area contributed by atoms with Crippen molar-refractivity contribution < 1.29 is 0 Å². The van der Waals surface area contributed by atoms with Gasteiger partial charge in [0.25, 0.3) is 0 Å². The van der Waals surface area contributed by atoms with Crippen LogP contribution in [0.1, 0.15) is 61.4 Å². The lowest BCUT2D eigenvalue weighted by Gasteiger charge is -2.45. The lowest BCUT2D eigenvalue weighted by Crippen LogP contribution is -2.50. The van der Waals surface area contributed by atoms with Crippen LogP contribution in [-0.4, -0.2) is 23.5 Å².